The zero-order chi connectivity index (χ0) is 8.48. The van der Waals surface area contributed by atoms with Crippen LogP contribution in [-0.4, -0.2) is 12.5 Å². The topological polar surface area (TPSA) is 29.1 Å². The lowest BCUT2D eigenvalue weighted by Crippen LogP contribution is -2.24. The third-order valence-electron chi connectivity index (χ3n) is 1.90. The molecule has 1 fully saturated rings. The first-order valence-corrected chi connectivity index (χ1v) is 3.93. The number of carbonyl (C=O) groups is 1. The summed E-state index contributed by atoms with van der Waals surface area (Å²) in [6.07, 6.45) is 1.57. The molecule has 0 unspecified atom stereocenters. The lowest BCUT2D eigenvalue weighted by atomic mass is 9.84. The van der Waals surface area contributed by atoms with Gasteiger partial charge in [0.05, 0.1) is 0 Å². The molecule has 0 saturated carbocycles. The van der Waals surface area contributed by atoms with Crippen molar-refractivity contribution in [3.8, 4) is 0 Å². The van der Waals surface area contributed by atoms with Crippen molar-refractivity contribution in [3.63, 3.8) is 0 Å². The van der Waals surface area contributed by atoms with Crippen LogP contribution in [0.1, 0.15) is 26.7 Å². The number of hydrogen-bond donors (Lipinski definition) is 1. The van der Waals surface area contributed by atoms with Crippen LogP contribution in [0.25, 0.3) is 0 Å². The smallest absolute Gasteiger partial charge is 0.220 e. The number of rotatable bonds is 0. The Balaban J connectivity index is 2.70. The van der Waals surface area contributed by atoms with Crippen molar-refractivity contribution in [2.45, 2.75) is 26.7 Å². The van der Waals surface area contributed by atoms with E-state index in [4.69, 9.17) is 0 Å². The molecular formula is C9H15NO. The second-order valence-electron chi connectivity index (χ2n) is 4.04. The SMILES string of the molecule is C=C1CNC(=O)CC(C)(C)C1. The molecule has 62 valence electrons. The lowest BCUT2D eigenvalue weighted by Gasteiger charge is -2.20. The second kappa shape index (κ2) is 2.68. The molecule has 1 heterocycles. The number of carbonyl (C=O) groups excluding carboxylic acids is 1. The largest absolute Gasteiger partial charge is 0.352 e. The minimum absolute atomic E-state index is 0.0949. The average molecular weight is 153 g/mol. The van der Waals surface area contributed by atoms with Crippen LogP contribution in [0.5, 0.6) is 0 Å². The van der Waals surface area contributed by atoms with Gasteiger partial charge < -0.3 is 5.32 Å². The van der Waals surface area contributed by atoms with E-state index in [1.807, 2.05) is 0 Å². The fraction of sp³-hybridized carbons (Fsp3) is 0.667. The molecule has 1 aliphatic heterocycles. The van der Waals surface area contributed by atoms with Gasteiger partial charge in [-0.05, 0) is 11.8 Å². The summed E-state index contributed by atoms with van der Waals surface area (Å²) in [5.74, 6) is 0.147. The molecule has 1 saturated heterocycles. The zero-order valence-electron chi connectivity index (χ0n) is 7.24. The third kappa shape index (κ3) is 2.37. The zero-order valence-corrected chi connectivity index (χ0v) is 7.24. The molecule has 0 aromatic carbocycles. The van der Waals surface area contributed by atoms with Gasteiger partial charge in [0, 0.05) is 13.0 Å². The van der Waals surface area contributed by atoms with Gasteiger partial charge in [-0.25, -0.2) is 0 Å². The van der Waals surface area contributed by atoms with E-state index in [-0.39, 0.29) is 11.3 Å². The Morgan fingerprint density at radius 1 is 1.45 bits per heavy atom. The fourth-order valence-corrected chi connectivity index (χ4v) is 1.52. The van der Waals surface area contributed by atoms with Crippen molar-refractivity contribution in [1.82, 2.24) is 5.32 Å². The highest BCUT2D eigenvalue weighted by atomic mass is 16.1. The molecule has 1 rings (SSSR count). The lowest BCUT2D eigenvalue weighted by molar-refractivity contribution is -0.122. The highest BCUT2D eigenvalue weighted by Gasteiger charge is 2.25. The van der Waals surface area contributed by atoms with Crippen molar-refractivity contribution in [2.24, 2.45) is 5.41 Å². The van der Waals surface area contributed by atoms with Crippen LogP contribution in [0.15, 0.2) is 12.2 Å². The van der Waals surface area contributed by atoms with Crippen LogP contribution in [0, 0.1) is 5.41 Å². The molecular weight excluding hydrogens is 138 g/mol. The molecule has 0 bridgehead atoms. The van der Waals surface area contributed by atoms with Crippen molar-refractivity contribution in [1.29, 1.82) is 0 Å². The maximum atomic E-state index is 11.1. The molecule has 1 amide bonds. The normalized spacial score (nSPS) is 24.2. The van der Waals surface area contributed by atoms with Crippen molar-refractivity contribution in [2.75, 3.05) is 6.54 Å². The first-order valence-electron chi connectivity index (χ1n) is 3.93. The van der Waals surface area contributed by atoms with Gasteiger partial charge in [-0.1, -0.05) is 26.0 Å². The summed E-state index contributed by atoms with van der Waals surface area (Å²) >= 11 is 0. The Morgan fingerprint density at radius 3 is 2.73 bits per heavy atom. The highest BCUT2D eigenvalue weighted by Crippen LogP contribution is 2.29. The van der Waals surface area contributed by atoms with Crippen LogP contribution in [0.3, 0.4) is 0 Å². The molecule has 11 heavy (non-hydrogen) atoms. The molecule has 2 nitrogen and oxygen atoms in total. The molecule has 0 aromatic rings. The van der Waals surface area contributed by atoms with E-state index in [2.05, 4.69) is 25.7 Å². The van der Waals surface area contributed by atoms with Crippen LogP contribution in [-0.2, 0) is 4.79 Å². The molecule has 0 aromatic heterocycles. The predicted octanol–water partition coefficient (Wildman–Crippen LogP) is 1.48. The average Bonchev–Trinajstić information content (AvgIpc) is 1.89. The summed E-state index contributed by atoms with van der Waals surface area (Å²) in [5, 5.41) is 2.81. The summed E-state index contributed by atoms with van der Waals surface area (Å²) in [6, 6.07) is 0. The Hall–Kier alpha value is -0.790. The van der Waals surface area contributed by atoms with Gasteiger partial charge in [-0.2, -0.15) is 0 Å². The maximum Gasteiger partial charge on any atom is 0.220 e. The minimum Gasteiger partial charge on any atom is -0.352 e. The molecule has 2 heteroatoms. The van der Waals surface area contributed by atoms with Gasteiger partial charge in [0.25, 0.3) is 0 Å². The fourth-order valence-electron chi connectivity index (χ4n) is 1.52. The highest BCUT2D eigenvalue weighted by molar-refractivity contribution is 5.77. The summed E-state index contributed by atoms with van der Waals surface area (Å²) in [7, 11) is 0. The number of hydrogen-bond acceptors (Lipinski definition) is 1. The molecule has 1 aliphatic rings. The van der Waals surface area contributed by atoms with E-state index in [1.165, 1.54) is 0 Å². The number of nitrogens with one attached hydrogen (secondary N) is 1. The Kier molecular flexibility index (Phi) is 2.03. The molecule has 1 N–H and O–H groups in total. The maximum absolute atomic E-state index is 11.1. The standard InChI is InChI=1S/C9H15NO/c1-7-4-9(2,3)5-8(11)10-6-7/h1,4-6H2,2-3H3,(H,10,11). The van der Waals surface area contributed by atoms with Gasteiger partial charge in [-0.3, -0.25) is 4.79 Å². The van der Waals surface area contributed by atoms with Crippen molar-refractivity contribution < 1.29 is 4.79 Å². The van der Waals surface area contributed by atoms with Crippen molar-refractivity contribution >= 4 is 5.91 Å². The van der Waals surface area contributed by atoms with Gasteiger partial charge >= 0.3 is 0 Å². The summed E-state index contributed by atoms with van der Waals surface area (Å²) in [6.45, 7) is 8.75. The molecule has 0 atom stereocenters. The summed E-state index contributed by atoms with van der Waals surface area (Å²) in [5.41, 5.74) is 1.22. The minimum atomic E-state index is 0.0949. The van der Waals surface area contributed by atoms with Gasteiger partial charge in [0.15, 0.2) is 0 Å². The van der Waals surface area contributed by atoms with E-state index in [0.29, 0.717) is 13.0 Å². The third-order valence-corrected chi connectivity index (χ3v) is 1.90. The molecule has 0 radical (unpaired) electrons. The summed E-state index contributed by atoms with van der Waals surface area (Å²) in [4.78, 5) is 11.1. The van der Waals surface area contributed by atoms with Crippen LogP contribution >= 0.6 is 0 Å². The van der Waals surface area contributed by atoms with E-state index >= 15 is 0 Å². The van der Waals surface area contributed by atoms with Crippen LogP contribution in [0.2, 0.25) is 0 Å². The van der Waals surface area contributed by atoms with E-state index in [1.54, 1.807) is 0 Å². The molecule has 0 aliphatic carbocycles. The predicted molar refractivity (Wildman–Crippen MR) is 45.2 cm³/mol. The molecule has 0 spiro atoms. The van der Waals surface area contributed by atoms with E-state index in [9.17, 15) is 4.79 Å². The van der Waals surface area contributed by atoms with Gasteiger partial charge in [0.2, 0.25) is 5.91 Å². The quantitative estimate of drug-likeness (QED) is 0.525. The Morgan fingerprint density at radius 2 is 2.09 bits per heavy atom. The first kappa shape index (κ1) is 8.31. The van der Waals surface area contributed by atoms with Gasteiger partial charge in [-0.15, -0.1) is 0 Å². The van der Waals surface area contributed by atoms with E-state index in [0.717, 1.165) is 12.0 Å². The van der Waals surface area contributed by atoms with Crippen molar-refractivity contribution in [3.05, 3.63) is 12.2 Å². The first-order chi connectivity index (χ1) is 4.99. The summed E-state index contributed by atoms with van der Waals surface area (Å²) < 4.78 is 0. The van der Waals surface area contributed by atoms with Crippen LogP contribution in [0.4, 0.5) is 0 Å². The van der Waals surface area contributed by atoms with Gasteiger partial charge in [0.1, 0.15) is 0 Å². The van der Waals surface area contributed by atoms with E-state index < -0.39 is 0 Å². The Labute approximate surface area is 67.7 Å². The number of amides is 1. The monoisotopic (exact) mass is 153 g/mol. The van der Waals surface area contributed by atoms with Crippen LogP contribution < -0.4 is 5.32 Å². The Bertz CT molecular complexity index is 174. The second-order valence-corrected chi connectivity index (χ2v) is 4.04.